The normalized spacial score (nSPS) is 13.6. The van der Waals surface area contributed by atoms with E-state index in [0.717, 1.165) is 16.7 Å². The number of sulfone groups is 2. The molecule has 2 aliphatic heterocycles. The Hall–Kier alpha value is -5.50. The van der Waals surface area contributed by atoms with Gasteiger partial charge in [-0.05, 0) is 81.1 Å². The third kappa shape index (κ3) is 9.86. The van der Waals surface area contributed by atoms with E-state index in [4.69, 9.17) is 24.1 Å². The van der Waals surface area contributed by atoms with Crippen molar-refractivity contribution >= 4 is 56.3 Å². The second kappa shape index (κ2) is 17.0. The second-order valence-corrected chi connectivity index (χ2v) is 18.3. The van der Waals surface area contributed by atoms with E-state index in [-0.39, 0.29) is 46.3 Å². The van der Waals surface area contributed by atoms with Crippen molar-refractivity contribution in [2.45, 2.75) is 74.5 Å². The van der Waals surface area contributed by atoms with Crippen LogP contribution in [-0.2, 0) is 77.8 Å². The monoisotopic (exact) mass is 839 g/mol. The zero-order valence-electron chi connectivity index (χ0n) is 32.3. The van der Waals surface area contributed by atoms with E-state index in [1.54, 1.807) is 74.5 Å². The molecule has 0 radical (unpaired) electrons. The van der Waals surface area contributed by atoms with Gasteiger partial charge in [-0.3, -0.25) is 4.79 Å². The van der Waals surface area contributed by atoms with E-state index in [0.29, 0.717) is 75.5 Å². The summed E-state index contributed by atoms with van der Waals surface area (Å²) in [6, 6.07) is 19.9. The molecule has 304 valence electrons. The van der Waals surface area contributed by atoms with E-state index in [2.05, 4.69) is 20.3 Å². The van der Waals surface area contributed by atoms with Gasteiger partial charge in [-0.25, -0.2) is 16.8 Å². The molecule has 4 N–H and O–H groups in total. The van der Waals surface area contributed by atoms with Gasteiger partial charge in [0.05, 0.1) is 34.5 Å². The summed E-state index contributed by atoms with van der Waals surface area (Å²) < 4.78 is 73.2. The minimum atomic E-state index is -3.73. The number of nitrogens with two attached hydrogens (primary N) is 1. The molecule has 2 aromatic heterocycles. The lowest BCUT2D eigenvalue weighted by Crippen LogP contribution is -2.28. The third-order valence-corrected chi connectivity index (χ3v) is 13.2. The van der Waals surface area contributed by atoms with Crippen LogP contribution in [0.5, 0.6) is 0 Å². The largest absolute Gasteiger partial charge is 0.491 e. The number of hydrogen-bond acceptors (Lipinski definition) is 16. The van der Waals surface area contributed by atoms with Crippen molar-refractivity contribution in [1.82, 2.24) is 20.3 Å². The first kappa shape index (κ1) is 41.7. The maximum atomic E-state index is 13.3. The molecule has 20 heteroatoms. The lowest BCUT2D eigenvalue weighted by Gasteiger charge is -2.12. The molecule has 2 aliphatic rings. The highest BCUT2D eigenvalue weighted by atomic mass is 32.2. The quantitative estimate of drug-likeness (QED) is 0.118. The Balaban J connectivity index is 0.000000180. The van der Waals surface area contributed by atoms with Gasteiger partial charge in [0.15, 0.2) is 31.3 Å². The molecule has 0 atom stereocenters. The molecule has 4 aromatic carbocycles. The summed E-state index contributed by atoms with van der Waals surface area (Å²) in [5.74, 6) is 1.08. The highest BCUT2D eigenvalue weighted by Gasteiger charge is 2.30. The molecule has 0 saturated carbocycles. The first-order valence-corrected chi connectivity index (χ1v) is 21.7. The summed E-state index contributed by atoms with van der Waals surface area (Å²) in [4.78, 5) is 20.2. The Kier molecular flexibility index (Phi) is 12.0. The summed E-state index contributed by atoms with van der Waals surface area (Å²) in [7, 11) is -9.47. The fourth-order valence-electron chi connectivity index (χ4n) is 6.98. The standard InChI is InChI=1S/C21H21BN2O6S.C18H18BN3O5S/c1-13(25)7-15-4-6-20(18(8-15)10-21-23-14(2)30-24-21)31(27,28)12-16-3-5-17-11-29-22(26)19(17)9-16;1-11-21-18(22-27-11)8-14-7-15(20)4-5-17(14)28(24,25)10-12-2-3-13-9-26-19(23)16(13)6-12/h3-6,8-9,26H,7,10-12H2,1-2H3;2-7,23H,8-10,20H2,1H3. The average molecular weight is 840 g/mol. The molecular weight excluding hydrogens is 800 g/mol. The van der Waals surface area contributed by atoms with Crippen LogP contribution < -0.4 is 16.7 Å². The third-order valence-electron chi connectivity index (χ3n) is 9.63. The van der Waals surface area contributed by atoms with Crippen molar-refractivity contribution in [2.24, 2.45) is 0 Å². The fourth-order valence-corrected chi connectivity index (χ4v) is 10.1. The van der Waals surface area contributed by atoms with E-state index < -0.39 is 33.9 Å². The van der Waals surface area contributed by atoms with E-state index in [1.165, 1.54) is 19.1 Å². The molecule has 0 aliphatic carbocycles. The Morgan fingerprint density at radius 1 is 0.678 bits per heavy atom. The number of fused-ring (bicyclic) bond motifs is 2. The number of benzene rings is 4. The Labute approximate surface area is 340 Å². The van der Waals surface area contributed by atoms with Crippen molar-refractivity contribution in [1.29, 1.82) is 0 Å². The number of aryl methyl sites for hydroxylation is 2. The van der Waals surface area contributed by atoms with E-state index in [1.807, 2.05) is 0 Å². The lowest BCUT2D eigenvalue weighted by atomic mass is 9.79. The number of rotatable bonds is 12. The van der Waals surface area contributed by atoms with E-state index >= 15 is 0 Å². The molecule has 0 unspecified atom stereocenters. The van der Waals surface area contributed by atoms with E-state index in [9.17, 15) is 31.7 Å². The van der Waals surface area contributed by atoms with Crippen LogP contribution in [-0.4, -0.2) is 67.2 Å². The van der Waals surface area contributed by atoms with Gasteiger partial charge < -0.3 is 34.1 Å². The molecule has 6 aromatic rings. The number of nitrogen functional groups attached to an aromatic ring is 1. The number of Topliss-reactive ketones (excluding diaryl/α,β-unsaturated/α-hetero) is 1. The zero-order valence-corrected chi connectivity index (χ0v) is 33.9. The van der Waals surface area contributed by atoms with Gasteiger partial charge in [-0.1, -0.05) is 58.8 Å². The van der Waals surface area contributed by atoms with Gasteiger partial charge in [-0.2, -0.15) is 9.97 Å². The first-order valence-electron chi connectivity index (χ1n) is 18.4. The van der Waals surface area contributed by atoms with Crippen LogP contribution in [0.4, 0.5) is 5.69 Å². The molecule has 8 rings (SSSR count). The number of aromatic nitrogens is 4. The topological polar surface area (TPSA) is 248 Å². The zero-order chi connectivity index (χ0) is 42.1. The Bertz CT molecular complexity index is 2780. The molecule has 16 nitrogen and oxygen atoms in total. The predicted octanol–water partition coefficient (Wildman–Crippen LogP) is 2.03. The molecule has 4 heterocycles. The molecular formula is C39H39B2N5O11S2. The van der Waals surface area contributed by atoms with Gasteiger partial charge in [0.25, 0.3) is 0 Å². The van der Waals surface area contributed by atoms with Crippen LogP contribution in [0.3, 0.4) is 0 Å². The summed E-state index contributed by atoms with van der Waals surface area (Å²) in [6.07, 6.45) is 0.559. The van der Waals surface area contributed by atoms with Crippen molar-refractivity contribution < 1.29 is 50.0 Å². The molecule has 0 fully saturated rings. The molecule has 0 amide bonds. The highest BCUT2D eigenvalue weighted by molar-refractivity contribution is 7.91. The van der Waals surface area contributed by atoms with Gasteiger partial charge in [0.1, 0.15) is 5.78 Å². The Morgan fingerprint density at radius 3 is 1.59 bits per heavy atom. The van der Waals surface area contributed by atoms with Crippen LogP contribution in [0.2, 0.25) is 0 Å². The van der Waals surface area contributed by atoms with Crippen molar-refractivity contribution in [3.63, 3.8) is 0 Å². The SMILES string of the molecule is CC(=O)Cc1ccc(S(=O)(=O)Cc2ccc3c(c2)B(O)OC3)c(Cc2noc(C)n2)c1.Cc1nc(Cc2cc(N)ccc2S(=O)(=O)Cc2ccc3c(c2)B(O)OC3)no1. The van der Waals surface area contributed by atoms with Crippen molar-refractivity contribution in [2.75, 3.05) is 5.73 Å². The van der Waals surface area contributed by atoms with Crippen molar-refractivity contribution in [3.05, 3.63) is 135 Å². The number of hydrogen-bond donors (Lipinski definition) is 3. The van der Waals surface area contributed by atoms with Gasteiger partial charge in [0, 0.05) is 38.8 Å². The number of anilines is 1. The maximum Gasteiger partial charge on any atom is 0.491 e. The predicted molar refractivity (Wildman–Crippen MR) is 215 cm³/mol. The van der Waals surface area contributed by atoms with Gasteiger partial charge in [-0.15, -0.1) is 0 Å². The molecule has 0 saturated heterocycles. The number of nitrogens with zero attached hydrogens (tertiary/aromatic N) is 4. The van der Waals surface area contributed by atoms with Gasteiger partial charge in [0.2, 0.25) is 11.8 Å². The van der Waals surface area contributed by atoms with Crippen LogP contribution in [0.1, 0.15) is 69.3 Å². The minimum Gasteiger partial charge on any atom is -0.423 e. The number of carbonyl (C=O) groups excluding carboxylic acids is 1. The van der Waals surface area contributed by atoms with Crippen LogP contribution in [0, 0.1) is 13.8 Å². The number of ketones is 1. The lowest BCUT2D eigenvalue weighted by molar-refractivity contribution is -0.116. The van der Waals surface area contributed by atoms with Gasteiger partial charge >= 0.3 is 14.2 Å². The first-order chi connectivity index (χ1) is 28.0. The fraction of sp³-hybridized carbons (Fsp3) is 0.256. The second-order valence-electron chi connectivity index (χ2n) is 14.4. The van der Waals surface area contributed by atoms with Crippen LogP contribution in [0.15, 0.2) is 91.6 Å². The molecule has 59 heavy (non-hydrogen) atoms. The highest BCUT2D eigenvalue weighted by Crippen LogP contribution is 2.27. The molecule has 0 spiro atoms. The number of carbonyl (C=O) groups is 1. The summed E-state index contributed by atoms with van der Waals surface area (Å²) >= 11 is 0. The minimum absolute atomic E-state index is 0.0177. The summed E-state index contributed by atoms with van der Waals surface area (Å²) in [6.45, 7) is 5.43. The van der Waals surface area contributed by atoms with Crippen molar-refractivity contribution in [3.8, 4) is 0 Å². The van der Waals surface area contributed by atoms with Crippen LogP contribution in [0.25, 0.3) is 0 Å². The van der Waals surface area contributed by atoms with Crippen LogP contribution >= 0.6 is 0 Å². The summed E-state index contributed by atoms with van der Waals surface area (Å²) in [5, 5.41) is 27.5. The Morgan fingerprint density at radius 2 is 1.14 bits per heavy atom. The smallest absolute Gasteiger partial charge is 0.423 e. The summed E-state index contributed by atoms with van der Waals surface area (Å²) in [5.41, 5.74) is 12.1. The molecule has 0 bridgehead atoms. The average Bonchev–Trinajstić information content (AvgIpc) is 3.96. The maximum absolute atomic E-state index is 13.3.